The number of benzene rings is 1. The van der Waals surface area contributed by atoms with Crippen molar-refractivity contribution in [1.29, 1.82) is 5.41 Å². The van der Waals surface area contributed by atoms with Crippen LogP contribution in [0.5, 0.6) is 0 Å². The van der Waals surface area contributed by atoms with Gasteiger partial charge in [-0.1, -0.05) is 28.9 Å². The summed E-state index contributed by atoms with van der Waals surface area (Å²) in [5.74, 6) is 1.25. The predicted molar refractivity (Wildman–Crippen MR) is 91.9 cm³/mol. The molecule has 3 N–H and O–H groups in total. The van der Waals surface area contributed by atoms with Crippen molar-refractivity contribution in [1.82, 2.24) is 9.58 Å². The molecule has 0 amide bonds. The number of nitrogens with two attached hydrogens (primary N) is 1. The van der Waals surface area contributed by atoms with E-state index in [4.69, 9.17) is 11.1 Å². The van der Waals surface area contributed by atoms with Crippen molar-refractivity contribution in [3.8, 4) is 0 Å². The summed E-state index contributed by atoms with van der Waals surface area (Å²) in [6, 6.07) is 13.5. The summed E-state index contributed by atoms with van der Waals surface area (Å²) in [6.07, 6.45) is 5.96. The first-order chi connectivity index (χ1) is 11.2. The van der Waals surface area contributed by atoms with Gasteiger partial charge in [-0.2, -0.15) is 4.99 Å². The summed E-state index contributed by atoms with van der Waals surface area (Å²) in [6.45, 7) is 0. The van der Waals surface area contributed by atoms with Crippen LogP contribution in [-0.4, -0.2) is 22.6 Å². The molecule has 1 aromatic carbocycles. The van der Waals surface area contributed by atoms with Crippen molar-refractivity contribution >= 4 is 28.9 Å². The lowest BCUT2D eigenvalue weighted by atomic mass is 9.98. The fraction of sp³-hybridized carbons (Fsp3) is 0.0588. The van der Waals surface area contributed by atoms with E-state index in [0.29, 0.717) is 18.1 Å². The highest BCUT2D eigenvalue weighted by Gasteiger charge is 2.49. The quantitative estimate of drug-likeness (QED) is 0.835. The maximum atomic E-state index is 8.64. The fourth-order valence-corrected chi connectivity index (χ4v) is 2.97. The highest BCUT2D eigenvalue weighted by atomic mass is 15.7. The van der Waals surface area contributed by atoms with E-state index in [9.17, 15) is 0 Å². The number of guanidine groups is 1. The lowest BCUT2D eigenvalue weighted by molar-refractivity contribution is 0.627. The summed E-state index contributed by atoms with van der Waals surface area (Å²) in [4.78, 5) is 8.52. The van der Waals surface area contributed by atoms with Crippen molar-refractivity contribution in [2.24, 2.45) is 15.8 Å². The Balaban J connectivity index is 1.88. The van der Waals surface area contributed by atoms with Crippen LogP contribution in [0.1, 0.15) is 12.0 Å². The number of para-hydroxylation sites is 1. The maximum absolute atomic E-state index is 8.64. The zero-order valence-corrected chi connectivity index (χ0v) is 12.3. The number of hydrogen-bond acceptors (Lipinski definition) is 5. The SMILES string of the molecule is N=C1CC(c2cccnc2)=CC2=NC(N)=N[N+]12c1ccccc1. The van der Waals surface area contributed by atoms with Crippen LogP contribution in [0, 0.1) is 5.41 Å². The van der Waals surface area contributed by atoms with Crippen molar-refractivity contribution in [3.05, 3.63) is 66.5 Å². The van der Waals surface area contributed by atoms with Crippen molar-refractivity contribution in [2.75, 3.05) is 0 Å². The molecule has 0 spiro atoms. The predicted octanol–water partition coefficient (Wildman–Crippen LogP) is 2.50. The molecule has 6 nitrogen and oxygen atoms in total. The number of quaternary nitrogens is 1. The van der Waals surface area contributed by atoms with E-state index in [1.54, 1.807) is 12.4 Å². The van der Waals surface area contributed by atoms with Gasteiger partial charge in [0.1, 0.15) is 0 Å². The first kappa shape index (κ1) is 13.5. The molecule has 1 atom stereocenters. The fourth-order valence-electron chi connectivity index (χ4n) is 2.97. The van der Waals surface area contributed by atoms with Crippen molar-refractivity contribution in [2.45, 2.75) is 6.42 Å². The largest absolute Gasteiger partial charge is 0.363 e. The normalized spacial score (nSPS) is 23.0. The summed E-state index contributed by atoms with van der Waals surface area (Å²) in [5, 5.41) is 13.1. The van der Waals surface area contributed by atoms with Crippen LogP contribution >= 0.6 is 0 Å². The van der Waals surface area contributed by atoms with E-state index in [1.165, 1.54) is 0 Å². The lowest BCUT2D eigenvalue weighted by Gasteiger charge is -2.30. The van der Waals surface area contributed by atoms with Gasteiger partial charge >= 0.3 is 0 Å². The third-order valence-corrected chi connectivity index (χ3v) is 4.03. The van der Waals surface area contributed by atoms with Gasteiger partial charge in [0.15, 0.2) is 5.69 Å². The zero-order valence-electron chi connectivity index (χ0n) is 12.3. The Morgan fingerprint density at radius 1 is 1.09 bits per heavy atom. The maximum Gasteiger partial charge on any atom is 0.280 e. The summed E-state index contributed by atoms with van der Waals surface area (Å²) in [7, 11) is 0. The number of nitrogens with zero attached hydrogens (tertiary/aromatic N) is 4. The number of nitrogens with one attached hydrogen (secondary N) is 1. The number of pyridine rings is 1. The van der Waals surface area contributed by atoms with Gasteiger partial charge in [0.25, 0.3) is 11.8 Å². The van der Waals surface area contributed by atoms with E-state index in [0.717, 1.165) is 16.8 Å². The average molecular weight is 303 g/mol. The van der Waals surface area contributed by atoms with E-state index in [-0.39, 0.29) is 10.6 Å². The Kier molecular flexibility index (Phi) is 2.92. The second kappa shape index (κ2) is 4.96. The number of aromatic nitrogens is 1. The molecule has 0 bridgehead atoms. The summed E-state index contributed by atoms with van der Waals surface area (Å²) < 4.78 is -0.0730. The highest BCUT2D eigenvalue weighted by Crippen LogP contribution is 2.36. The van der Waals surface area contributed by atoms with Crippen LogP contribution in [-0.2, 0) is 0 Å². The Hall–Kier alpha value is -3.12. The smallest absolute Gasteiger partial charge is 0.280 e. The molecule has 4 rings (SSSR count). The molecule has 0 aliphatic carbocycles. The van der Waals surface area contributed by atoms with Crippen molar-refractivity contribution in [3.63, 3.8) is 0 Å². The van der Waals surface area contributed by atoms with E-state index >= 15 is 0 Å². The third kappa shape index (κ3) is 2.00. The molecule has 112 valence electrons. The third-order valence-electron chi connectivity index (χ3n) is 4.03. The molecule has 23 heavy (non-hydrogen) atoms. The number of aliphatic imine (C=N–C) groups is 1. The Labute approximate surface area is 133 Å². The zero-order chi connectivity index (χ0) is 15.9. The molecule has 6 heteroatoms. The molecule has 2 aromatic rings. The average Bonchev–Trinajstić information content (AvgIpc) is 2.94. The molecule has 0 fully saturated rings. The van der Waals surface area contributed by atoms with Gasteiger partial charge in [0, 0.05) is 30.6 Å². The molecule has 3 heterocycles. The van der Waals surface area contributed by atoms with Gasteiger partial charge < -0.3 is 5.73 Å². The molecule has 2 aliphatic rings. The van der Waals surface area contributed by atoms with Crippen LogP contribution < -0.4 is 10.3 Å². The minimum absolute atomic E-state index is 0.0730. The molecule has 1 unspecified atom stereocenters. The van der Waals surface area contributed by atoms with Crippen molar-refractivity contribution < 1.29 is 0 Å². The summed E-state index contributed by atoms with van der Waals surface area (Å²) >= 11 is 0. The summed E-state index contributed by atoms with van der Waals surface area (Å²) in [5.41, 5.74) is 8.71. The molecule has 1 aromatic heterocycles. The monoisotopic (exact) mass is 303 g/mol. The van der Waals surface area contributed by atoms with E-state index in [2.05, 4.69) is 15.1 Å². The molecule has 2 aliphatic heterocycles. The minimum Gasteiger partial charge on any atom is -0.363 e. The van der Waals surface area contributed by atoms with Gasteiger partial charge in [0.05, 0.1) is 6.42 Å². The van der Waals surface area contributed by atoms with Crippen LogP contribution in [0.4, 0.5) is 5.69 Å². The van der Waals surface area contributed by atoms with Gasteiger partial charge in [0.2, 0.25) is 5.84 Å². The van der Waals surface area contributed by atoms with Gasteiger partial charge in [-0.25, -0.2) is 0 Å². The van der Waals surface area contributed by atoms with Gasteiger partial charge in [-0.15, -0.1) is 0 Å². The van der Waals surface area contributed by atoms with Crippen LogP contribution in [0.15, 0.2) is 71.0 Å². The van der Waals surface area contributed by atoms with E-state index < -0.39 is 0 Å². The van der Waals surface area contributed by atoms with Crippen LogP contribution in [0.25, 0.3) is 5.57 Å². The second-order valence-corrected chi connectivity index (χ2v) is 5.43. The first-order valence-electron chi connectivity index (χ1n) is 7.29. The van der Waals surface area contributed by atoms with Crippen LogP contribution in [0.2, 0.25) is 0 Å². The second-order valence-electron chi connectivity index (χ2n) is 5.43. The number of amidine groups is 2. The van der Waals surface area contributed by atoms with Crippen LogP contribution in [0.3, 0.4) is 0 Å². The molecule has 0 radical (unpaired) electrons. The number of fused-ring (bicyclic) bond motifs is 1. The standard InChI is InChI=1S/C17H15N6/c18-15-9-13(12-5-4-8-20-11-12)10-16-21-17(19)22-23(15,16)14-6-2-1-3-7-14/h1-8,10-11,18H,9H2,(H2,19,22)/q+1. The Morgan fingerprint density at radius 3 is 2.65 bits per heavy atom. The molecular formula is C17H15N6+. The lowest BCUT2D eigenvalue weighted by Crippen LogP contribution is -2.53. The topological polar surface area (TPSA) is 87.5 Å². The highest BCUT2D eigenvalue weighted by molar-refractivity contribution is 6.27. The molecule has 0 saturated carbocycles. The Bertz CT molecular complexity index is 866. The molecule has 0 saturated heterocycles. The number of rotatable bonds is 2. The Morgan fingerprint density at radius 2 is 1.91 bits per heavy atom. The first-order valence-corrected chi connectivity index (χ1v) is 7.29. The minimum atomic E-state index is -0.0730. The molecular weight excluding hydrogens is 288 g/mol. The number of hydrogen-bond donors (Lipinski definition) is 2. The van der Waals surface area contributed by atoms with Gasteiger partial charge in [-0.3, -0.25) is 10.4 Å². The van der Waals surface area contributed by atoms with E-state index in [1.807, 2.05) is 48.5 Å². The van der Waals surface area contributed by atoms with Gasteiger partial charge in [-0.05, 0) is 22.3 Å².